The van der Waals surface area contributed by atoms with E-state index in [0.29, 0.717) is 29.8 Å². The smallest absolute Gasteiger partial charge is 0.364 e. The first-order valence-corrected chi connectivity index (χ1v) is 10.4. The van der Waals surface area contributed by atoms with Gasteiger partial charge in [0.25, 0.3) is 5.91 Å². The third kappa shape index (κ3) is 3.43. The zero-order valence-electron chi connectivity index (χ0n) is 17.0. The zero-order chi connectivity index (χ0) is 22.7. The third-order valence-corrected chi connectivity index (χ3v) is 6.72. The third-order valence-electron chi connectivity index (χ3n) is 6.72. The van der Waals surface area contributed by atoms with E-state index in [9.17, 15) is 23.2 Å². The Labute approximate surface area is 181 Å². The van der Waals surface area contributed by atoms with E-state index in [0.717, 1.165) is 12.8 Å². The van der Waals surface area contributed by atoms with Gasteiger partial charge < -0.3 is 20.3 Å². The maximum atomic E-state index is 13.7. The second kappa shape index (κ2) is 7.28. The van der Waals surface area contributed by atoms with Crippen LogP contribution in [-0.2, 0) is 9.53 Å². The van der Waals surface area contributed by atoms with Crippen molar-refractivity contribution in [2.75, 3.05) is 31.1 Å². The number of ether oxygens (including phenoxy) is 1. The van der Waals surface area contributed by atoms with Crippen LogP contribution in [0.2, 0.25) is 0 Å². The number of aromatic nitrogens is 2. The van der Waals surface area contributed by atoms with Crippen LogP contribution in [-0.4, -0.2) is 71.4 Å². The predicted molar refractivity (Wildman–Crippen MR) is 107 cm³/mol. The van der Waals surface area contributed by atoms with Crippen LogP contribution >= 0.6 is 0 Å². The number of rotatable bonds is 2. The SMILES string of the molecule is N#Cc1ccc(N2CC(C(=O)N3C[C@@H](N)C4(CC4)C3)OC(C(F)(F)F)C2)c2nccnc12. The number of carbonyl (C=O) groups is 1. The topological polar surface area (TPSA) is 108 Å². The lowest BCUT2D eigenvalue weighted by Gasteiger charge is -2.40. The van der Waals surface area contributed by atoms with Gasteiger partial charge in [-0.1, -0.05) is 0 Å². The molecule has 32 heavy (non-hydrogen) atoms. The van der Waals surface area contributed by atoms with E-state index >= 15 is 0 Å². The van der Waals surface area contributed by atoms with Gasteiger partial charge in [0.15, 0.2) is 12.2 Å². The Morgan fingerprint density at radius 3 is 2.53 bits per heavy atom. The van der Waals surface area contributed by atoms with E-state index in [4.69, 9.17) is 10.5 Å². The molecule has 1 spiro atoms. The van der Waals surface area contributed by atoms with Gasteiger partial charge in [-0.2, -0.15) is 18.4 Å². The summed E-state index contributed by atoms with van der Waals surface area (Å²) in [5, 5.41) is 9.33. The van der Waals surface area contributed by atoms with Crippen molar-refractivity contribution in [2.45, 2.75) is 37.3 Å². The van der Waals surface area contributed by atoms with Gasteiger partial charge in [0, 0.05) is 36.9 Å². The fourth-order valence-corrected chi connectivity index (χ4v) is 4.71. The minimum atomic E-state index is -4.65. The number of hydrogen-bond acceptors (Lipinski definition) is 7. The highest BCUT2D eigenvalue weighted by atomic mass is 19.4. The summed E-state index contributed by atoms with van der Waals surface area (Å²) in [6, 6.07) is 4.89. The standard InChI is InChI=1S/C21H21F3N6O2/c22-21(23,24)16-10-29(13-2-1-12(7-25)17-18(13)28-6-5-27-17)8-14(32-16)19(31)30-9-15(26)20(11-30)3-4-20/h1-2,5-6,14-16H,3-4,8-11,26H2/t14?,15-,16?/m1/s1. The summed E-state index contributed by atoms with van der Waals surface area (Å²) < 4.78 is 46.4. The summed E-state index contributed by atoms with van der Waals surface area (Å²) in [6.45, 7) is 0.214. The molecule has 168 valence electrons. The van der Waals surface area contributed by atoms with Gasteiger partial charge in [-0.15, -0.1) is 0 Å². The highest BCUT2D eigenvalue weighted by Crippen LogP contribution is 2.52. The van der Waals surface area contributed by atoms with Crippen molar-refractivity contribution in [3.63, 3.8) is 0 Å². The lowest BCUT2D eigenvalue weighted by molar-refractivity contribution is -0.235. The normalized spacial score (nSPS) is 27.0. The molecule has 3 fully saturated rings. The molecule has 1 aliphatic carbocycles. The van der Waals surface area contributed by atoms with E-state index in [2.05, 4.69) is 9.97 Å². The number of amides is 1. The number of likely N-dealkylation sites (tertiary alicyclic amines) is 1. The fraction of sp³-hybridized carbons (Fsp3) is 0.524. The van der Waals surface area contributed by atoms with Crippen LogP contribution in [0.25, 0.3) is 11.0 Å². The number of halogens is 3. The minimum Gasteiger partial charge on any atom is -0.364 e. The van der Waals surface area contributed by atoms with Crippen LogP contribution in [0.1, 0.15) is 18.4 Å². The highest BCUT2D eigenvalue weighted by molar-refractivity contribution is 5.92. The molecule has 2 aliphatic heterocycles. The molecule has 8 nitrogen and oxygen atoms in total. The molecule has 0 bridgehead atoms. The molecule has 1 aromatic carbocycles. The van der Waals surface area contributed by atoms with Gasteiger partial charge in [0.2, 0.25) is 0 Å². The largest absolute Gasteiger partial charge is 0.416 e. The lowest BCUT2D eigenvalue weighted by Crippen LogP contribution is -2.57. The Bertz CT molecular complexity index is 1110. The summed E-state index contributed by atoms with van der Waals surface area (Å²) in [7, 11) is 0. The second-order valence-electron chi connectivity index (χ2n) is 8.75. The van der Waals surface area contributed by atoms with Crippen molar-refractivity contribution in [1.29, 1.82) is 5.26 Å². The number of fused-ring (bicyclic) bond motifs is 1. The summed E-state index contributed by atoms with van der Waals surface area (Å²) >= 11 is 0. The maximum Gasteiger partial charge on any atom is 0.416 e. The number of anilines is 1. The van der Waals surface area contributed by atoms with Crippen LogP contribution in [0.4, 0.5) is 18.9 Å². The van der Waals surface area contributed by atoms with Gasteiger partial charge in [-0.25, -0.2) is 0 Å². The number of carbonyl (C=O) groups excluding carboxylic acids is 1. The van der Waals surface area contributed by atoms with Gasteiger partial charge in [-0.3, -0.25) is 14.8 Å². The molecular weight excluding hydrogens is 425 g/mol. The van der Waals surface area contributed by atoms with E-state index in [1.807, 2.05) is 6.07 Å². The summed E-state index contributed by atoms with van der Waals surface area (Å²) in [6.07, 6.45) is -3.39. The Morgan fingerprint density at radius 1 is 1.19 bits per heavy atom. The van der Waals surface area contributed by atoms with Crippen molar-refractivity contribution in [1.82, 2.24) is 14.9 Å². The van der Waals surface area contributed by atoms with Crippen molar-refractivity contribution in [3.8, 4) is 6.07 Å². The second-order valence-corrected chi connectivity index (χ2v) is 8.75. The Morgan fingerprint density at radius 2 is 1.91 bits per heavy atom. The van der Waals surface area contributed by atoms with Crippen LogP contribution in [0.15, 0.2) is 24.5 Å². The van der Waals surface area contributed by atoms with E-state index in [1.54, 1.807) is 6.07 Å². The quantitative estimate of drug-likeness (QED) is 0.746. The van der Waals surface area contributed by atoms with E-state index in [1.165, 1.54) is 28.3 Å². The van der Waals surface area contributed by atoms with Gasteiger partial charge in [-0.05, 0) is 25.0 Å². The van der Waals surface area contributed by atoms with E-state index in [-0.39, 0.29) is 23.6 Å². The molecule has 3 heterocycles. The monoisotopic (exact) mass is 446 g/mol. The number of benzene rings is 1. The molecule has 1 aromatic heterocycles. The molecule has 2 aromatic rings. The number of nitrogens with two attached hydrogens (primary N) is 1. The van der Waals surface area contributed by atoms with E-state index < -0.39 is 30.8 Å². The molecule has 2 saturated heterocycles. The summed E-state index contributed by atoms with van der Waals surface area (Å²) in [5.41, 5.74) is 7.33. The molecule has 3 atom stereocenters. The molecule has 1 saturated carbocycles. The molecule has 2 unspecified atom stereocenters. The number of nitrogens with zero attached hydrogens (tertiary/aromatic N) is 5. The van der Waals surface area contributed by atoms with Crippen LogP contribution in [0.5, 0.6) is 0 Å². The summed E-state index contributed by atoms with van der Waals surface area (Å²) in [5.74, 6) is -0.479. The molecule has 2 N–H and O–H groups in total. The Kier molecular flexibility index (Phi) is 4.76. The first kappa shape index (κ1) is 20.9. The number of morpholine rings is 1. The maximum absolute atomic E-state index is 13.7. The first-order chi connectivity index (χ1) is 15.2. The highest BCUT2D eigenvalue weighted by Gasteiger charge is 2.56. The number of alkyl halides is 3. The lowest BCUT2D eigenvalue weighted by atomic mass is 10.0. The van der Waals surface area contributed by atoms with Gasteiger partial charge in [0.05, 0.1) is 24.3 Å². The zero-order valence-corrected chi connectivity index (χ0v) is 17.0. The Hall–Kier alpha value is -2.97. The average Bonchev–Trinajstić information content (AvgIpc) is 3.49. The van der Waals surface area contributed by atoms with Crippen LogP contribution in [0.3, 0.4) is 0 Å². The molecular formula is C21H21F3N6O2. The number of nitriles is 1. The molecule has 1 amide bonds. The van der Waals surface area contributed by atoms with Gasteiger partial charge in [0.1, 0.15) is 17.1 Å². The molecule has 0 radical (unpaired) electrons. The van der Waals surface area contributed by atoms with Crippen molar-refractivity contribution in [2.24, 2.45) is 11.1 Å². The fourth-order valence-electron chi connectivity index (χ4n) is 4.71. The number of hydrogen-bond donors (Lipinski definition) is 1. The molecule has 11 heteroatoms. The van der Waals surface area contributed by atoms with Crippen molar-refractivity contribution in [3.05, 3.63) is 30.1 Å². The van der Waals surface area contributed by atoms with Crippen LogP contribution in [0, 0.1) is 16.7 Å². The van der Waals surface area contributed by atoms with Gasteiger partial charge >= 0.3 is 6.18 Å². The van der Waals surface area contributed by atoms with Crippen molar-refractivity contribution >= 4 is 22.6 Å². The van der Waals surface area contributed by atoms with Crippen LogP contribution < -0.4 is 10.6 Å². The predicted octanol–water partition coefficient (Wildman–Crippen LogP) is 1.59. The van der Waals surface area contributed by atoms with Crippen molar-refractivity contribution < 1.29 is 22.7 Å². The summed E-state index contributed by atoms with van der Waals surface area (Å²) in [4.78, 5) is 24.6. The molecule has 3 aliphatic rings. The first-order valence-electron chi connectivity index (χ1n) is 10.4. The minimum absolute atomic E-state index is 0.0677. The Balaban J connectivity index is 1.47. The average molecular weight is 446 g/mol. The molecule has 5 rings (SSSR count).